The number of ether oxygens (including phenoxy) is 3. The Hall–Kier alpha value is -15.7. The van der Waals surface area contributed by atoms with Crippen molar-refractivity contribution in [3.05, 3.63) is 245 Å². The number of allylic oxidation sites excluding steroid dienone is 4. The van der Waals surface area contributed by atoms with E-state index < -0.39 is 11.8 Å². The number of nitrogens with one attached hydrogen (secondary N) is 3. The predicted octanol–water partition coefficient (Wildman–Crippen LogP) is 15.2. The van der Waals surface area contributed by atoms with Crippen LogP contribution in [-0.4, -0.2) is 175 Å². The summed E-state index contributed by atoms with van der Waals surface area (Å²) in [5.41, 5.74) is 35.1. The Bertz CT molecular complexity index is 6680. The van der Waals surface area contributed by atoms with Gasteiger partial charge in [-0.3, -0.25) is 4.79 Å². The molecule has 662 valence electrons. The van der Waals surface area contributed by atoms with Crippen LogP contribution in [0, 0.1) is 0 Å². The van der Waals surface area contributed by atoms with Gasteiger partial charge in [-0.2, -0.15) is 0 Å². The number of esters is 1. The Morgan fingerprint density at radius 2 is 0.794 bits per heavy atom. The van der Waals surface area contributed by atoms with Gasteiger partial charge in [-0.15, -0.1) is 51.0 Å². The molecule has 0 amide bonds. The maximum Gasteiger partial charge on any atom is 0.360 e. The molecule has 39 nitrogen and oxygen atoms in total. The summed E-state index contributed by atoms with van der Waals surface area (Å²) in [7, 11) is 4.81. The Morgan fingerprint density at radius 3 is 1.18 bits per heavy atom. The van der Waals surface area contributed by atoms with Gasteiger partial charge in [-0.25, -0.2) is 64.6 Å². The molecule has 11 aromatic heterocycles. The van der Waals surface area contributed by atoms with Gasteiger partial charge in [0.1, 0.15) is 15.0 Å². The molecule has 1 spiro atoms. The van der Waals surface area contributed by atoms with Crippen molar-refractivity contribution >= 4 is 95.2 Å². The molecule has 1 aliphatic heterocycles. The topological polar surface area (TPSA) is 551 Å². The van der Waals surface area contributed by atoms with Crippen molar-refractivity contribution in [2.24, 2.45) is 0 Å². The fourth-order valence-electron chi connectivity index (χ4n) is 13.5. The average Bonchev–Trinajstić information content (AvgIpc) is 1.74. The van der Waals surface area contributed by atoms with Crippen molar-refractivity contribution in [2.75, 3.05) is 74.5 Å². The lowest BCUT2D eigenvalue weighted by molar-refractivity contribution is -0.159. The largest absolute Gasteiger partial charge is 0.464 e. The minimum atomic E-state index is -0.574. The molecule has 0 saturated carbocycles. The maximum absolute atomic E-state index is 11.4. The van der Waals surface area contributed by atoms with Gasteiger partial charge in [0.05, 0.1) is 68.4 Å². The van der Waals surface area contributed by atoms with Gasteiger partial charge < -0.3 is 75.2 Å². The van der Waals surface area contributed by atoms with Gasteiger partial charge >= 0.3 is 5.97 Å². The number of methoxy groups -OCH3 is 1. The number of aromatic nitrogens is 22. The fraction of sp³-hybridized carbons (Fsp3) is 0.200. The van der Waals surface area contributed by atoms with Crippen LogP contribution in [0.25, 0.3) is 132 Å². The lowest BCUT2D eigenvalue weighted by Crippen LogP contribution is -2.31. The van der Waals surface area contributed by atoms with E-state index in [1.54, 1.807) is 38.9 Å². The molecule has 1 atom stereocenters. The molecular formula is C90H83Br2N29O10. The fourth-order valence-corrected chi connectivity index (χ4v) is 14.1. The van der Waals surface area contributed by atoms with E-state index in [2.05, 4.69) is 177 Å². The van der Waals surface area contributed by atoms with Crippen LogP contribution in [0.5, 0.6) is 0 Å². The van der Waals surface area contributed by atoms with E-state index in [1.807, 2.05) is 158 Å². The van der Waals surface area contributed by atoms with Crippen LogP contribution in [0.1, 0.15) is 92.3 Å². The summed E-state index contributed by atoms with van der Waals surface area (Å²) in [5.74, 6) is 4.73. The van der Waals surface area contributed by atoms with Gasteiger partial charge in [0, 0.05) is 86.0 Å². The zero-order valence-corrected chi connectivity index (χ0v) is 73.9. The van der Waals surface area contributed by atoms with Crippen LogP contribution in [0.15, 0.2) is 245 Å². The number of anilines is 6. The first-order valence-corrected chi connectivity index (χ1v) is 42.6. The van der Waals surface area contributed by atoms with Crippen LogP contribution in [0.4, 0.5) is 34.9 Å². The van der Waals surface area contributed by atoms with E-state index in [4.69, 9.17) is 59.5 Å². The van der Waals surface area contributed by atoms with Crippen LogP contribution < -0.4 is 38.9 Å². The first kappa shape index (κ1) is 90.1. The molecule has 4 aliphatic rings. The van der Waals surface area contributed by atoms with Crippen molar-refractivity contribution in [1.82, 2.24) is 116 Å². The number of rotatable bonds is 18. The second kappa shape index (κ2) is 43.2. The van der Waals surface area contributed by atoms with Gasteiger partial charge in [-0.1, -0.05) is 116 Å². The summed E-state index contributed by atoms with van der Waals surface area (Å²) in [4.78, 5) is 73.3. The van der Waals surface area contributed by atoms with E-state index in [0.717, 1.165) is 89.0 Å². The van der Waals surface area contributed by atoms with Gasteiger partial charge in [-0.05, 0) is 148 Å². The van der Waals surface area contributed by atoms with E-state index in [1.165, 1.54) is 31.3 Å². The van der Waals surface area contributed by atoms with Crippen molar-refractivity contribution in [1.29, 1.82) is 0 Å². The quantitative estimate of drug-likeness (QED) is 0.0392. The second-order valence-corrected chi connectivity index (χ2v) is 30.3. The van der Waals surface area contributed by atoms with E-state index in [9.17, 15) is 9.59 Å². The van der Waals surface area contributed by atoms with Crippen molar-refractivity contribution < 1.29 is 45.9 Å². The third-order valence-corrected chi connectivity index (χ3v) is 20.9. The molecule has 12 heterocycles. The zero-order chi connectivity index (χ0) is 91.0. The number of nitrogens with two attached hydrogens (primary N) is 4. The highest BCUT2D eigenvalue weighted by molar-refractivity contribution is 9.10. The lowest BCUT2D eigenvalue weighted by Gasteiger charge is -2.30. The van der Waals surface area contributed by atoms with Crippen LogP contribution in [0.3, 0.4) is 0 Å². The Balaban J connectivity index is 0.000000123. The van der Waals surface area contributed by atoms with Crippen LogP contribution in [0.2, 0.25) is 0 Å². The Morgan fingerprint density at radius 1 is 0.427 bits per heavy atom. The number of halogens is 2. The number of ketones is 1. The van der Waals surface area contributed by atoms with Crippen molar-refractivity contribution in [3.63, 3.8) is 0 Å². The van der Waals surface area contributed by atoms with Crippen LogP contribution in [-0.2, 0) is 19.0 Å². The number of Topliss-reactive ketones (excluding diaryl/α,β-unsaturated/α-hetero) is 1. The number of carbonyl (C=O) groups is 2. The molecule has 11 N–H and O–H groups in total. The molecule has 3 aliphatic carbocycles. The zero-order valence-electron chi connectivity index (χ0n) is 70.8. The third kappa shape index (κ3) is 22.8. The Labute approximate surface area is 764 Å². The standard InChI is InChI=1S/C21H21N5O3.C20H22N6O.C18H15N5O2.C13H10BrN5O.C12H8BrN5O.C6H7N3O2/c1-22-18-17(20-26-25-19(29-20)15-5-3-2-4-6-15)24-16(13-23-18)14-7-9-21(10-8-14)27-11-12-28-21;1-2-22-15-10-8-13(9-11-15)16-12-23-18(21)17(24-16)20-26-25-19(27-20)14-6-4-3-5-7-14;19-16-15(18-23-22-17(25-18)12-4-2-1-3-5-12)21-14(10-20-16)11-6-8-13(24)9-7-11;1-15-11-10(17-9(14)7-16-11)13-19-18-12(20-13)8-5-3-2-4-6-8;13-8-6-15-10(14)9(16-8)12-18-17-11(19-12)7-4-2-1-3-5-7;1-11-6(10)4-5(7)9-3-2-8-4/h2-7,13H,8-12H2,1H3,(H,22,23);3-8,12,15,22H,2,9-11H2,1H3,(H2,21,23);1-6,10H,7-9H2,(H2,19,20);2-7H,1H3,(H,15,16);1-6H,(H2,14,15);2-3H,1H3,(H2,7,9). The molecule has 1 saturated heterocycles. The molecule has 41 heteroatoms. The predicted molar refractivity (Wildman–Crippen MR) is 492 cm³/mol. The minimum Gasteiger partial charge on any atom is -0.464 e. The molecule has 0 bridgehead atoms. The smallest absolute Gasteiger partial charge is 0.360 e. The number of hydrogen-bond acceptors (Lipinski definition) is 39. The normalized spacial score (nSPS) is 14.1. The Kier molecular flexibility index (Phi) is 29.7. The summed E-state index contributed by atoms with van der Waals surface area (Å²) >= 11 is 6.51. The van der Waals surface area contributed by atoms with Gasteiger partial charge in [0.15, 0.2) is 74.9 Å². The number of nitrogen functional groups attached to an aromatic ring is 4. The van der Waals surface area contributed by atoms with E-state index in [-0.39, 0.29) is 52.4 Å². The van der Waals surface area contributed by atoms with Crippen molar-refractivity contribution in [2.45, 2.75) is 76.5 Å². The molecule has 0 radical (unpaired) electrons. The highest BCUT2D eigenvalue weighted by Gasteiger charge is 2.38. The van der Waals surface area contributed by atoms with E-state index in [0.29, 0.717) is 141 Å². The molecular weight excluding hydrogens is 1810 g/mol. The lowest BCUT2D eigenvalue weighted by atomic mass is 9.92. The number of benzene rings is 5. The van der Waals surface area contributed by atoms with Crippen LogP contribution >= 0.6 is 31.9 Å². The van der Waals surface area contributed by atoms with Crippen molar-refractivity contribution in [3.8, 4) is 115 Å². The molecule has 1 unspecified atom stereocenters. The molecule has 5 aromatic carbocycles. The van der Waals surface area contributed by atoms with Gasteiger partial charge in [0.2, 0.25) is 29.5 Å². The summed E-state index contributed by atoms with van der Waals surface area (Å²) in [6.45, 7) is 4.43. The number of nitrogens with zero attached hydrogens (tertiary/aromatic N) is 22. The molecule has 20 rings (SSSR count). The molecule has 16 aromatic rings. The number of hydrogen-bond donors (Lipinski definition) is 7. The monoisotopic (exact) mass is 1890 g/mol. The van der Waals surface area contributed by atoms with E-state index >= 15 is 0 Å². The minimum absolute atomic E-state index is 0.0509. The SMILES string of the molecule is CCNC1CC=C(c2cnc(N)c(-c3nnc(-c4ccccc4)o3)n2)CC1.CNc1ncc(Br)nc1-c1nnc(-c2ccccc2)o1.CNc1ncc(C2=CCC3(CC2)OCCO3)nc1-c1nnc(-c2ccccc2)o1.COC(=O)c1nccnc1N.Nc1ncc(Br)nc1-c1nnc(-c2ccccc2)o1.Nc1ncc(C2=CCC(=O)CC2)nc1-c1nnc(-c2ccccc2)o1. The first-order valence-electron chi connectivity index (χ1n) is 41.0. The second-order valence-electron chi connectivity index (χ2n) is 28.7. The highest BCUT2D eigenvalue weighted by atomic mass is 79.9. The summed E-state index contributed by atoms with van der Waals surface area (Å²) in [6, 6.07) is 48.3. The average molecular weight is 1890 g/mol. The summed E-state index contributed by atoms with van der Waals surface area (Å²) in [5, 5.41) is 50.2. The highest BCUT2D eigenvalue weighted by Crippen LogP contribution is 2.40. The summed E-state index contributed by atoms with van der Waals surface area (Å²) in [6.07, 6.45) is 24.2. The number of carbonyl (C=O) groups excluding carboxylic acids is 2. The maximum atomic E-state index is 11.4. The molecule has 131 heavy (non-hydrogen) atoms. The molecule has 1 fully saturated rings. The third-order valence-electron chi connectivity index (χ3n) is 20.1. The first-order chi connectivity index (χ1) is 64.0. The summed E-state index contributed by atoms with van der Waals surface area (Å²) < 4.78 is 45.8. The van der Waals surface area contributed by atoms with Gasteiger partial charge in [0.25, 0.3) is 29.5 Å².